The topological polar surface area (TPSA) is 72.8 Å². The Labute approximate surface area is 166 Å². The first-order valence-corrected chi connectivity index (χ1v) is 10.0. The summed E-state index contributed by atoms with van der Waals surface area (Å²) >= 11 is 0. The van der Waals surface area contributed by atoms with E-state index in [1.54, 1.807) is 6.08 Å². The van der Waals surface area contributed by atoms with E-state index in [0.717, 1.165) is 25.7 Å². The van der Waals surface area contributed by atoms with Gasteiger partial charge in [0.15, 0.2) is 12.4 Å². The molecule has 2 heterocycles. The van der Waals surface area contributed by atoms with Gasteiger partial charge in [-0.15, -0.1) is 0 Å². The van der Waals surface area contributed by atoms with Crippen molar-refractivity contribution in [2.24, 2.45) is 11.8 Å². The molecule has 4 atom stereocenters. The van der Waals surface area contributed by atoms with E-state index in [1.807, 2.05) is 36.4 Å². The van der Waals surface area contributed by atoms with Gasteiger partial charge in [-0.25, -0.2) is 0 Å². The second-order valence-electron chi connectivity index (χ2n) is 7.45. The van der Waals surface area contributed by atoms with Crippen molar-refractivity contribution in [3.05, 3.63) is 54.6 Å². The first kappa shape index (κ1) is 20.3. The monoisotopic (exact) mass is 384 g/mol. The summed E-state index contributed by atoms with van der Waals surface area (Å²) < 4.78 is 11.6. The lowest BCUT2D eigenvalue weighted by molar-refractivity contribution is -0.137. The standard InChI is InChI=1S/C23H28O5/c24-17(16-27-18-8-4-3-5-9-18)12-13-20-19(21-14-15-22(20)28-21)10-6-1-2-7-11-23(25)26/h1,3-6,8-9,12-13,19-22H,2,7,10-11,14-16H2,(H,25,26)/t19-,20+,21-,22+/m1/s1. The van der Waals surface area contributed by atoms with Crippen LogP contribution in [0.1, 0.15) is 38.5 Å². The Morgan fingerprint density at radius 1 is 1.14 bits per heavy atom. The lowest BCUT2D eigenvalue weighted by atomic mass is 9.77. The lowest BCUT2D eigenvalue weighted by Crippen LogP contribution is -2.25. The van der Waals surface area contributed by atoms with Gasteiger partial charge in [0.1, 0.15) is 5.75 Å². The van der Waals surface area contributed by atoms with Gasteiger partial charge in [-0.1, -0.05) is 36.4 Å². The third kappa shape index (κ3) is 5.80. The molecule has 2 saturated heterocycles. The summed E-state index contributed by atoms with van der Waals surface area (Å²) in [5, 5.41) is 8.67. The molecule has 0 radical (unpaired) electrons. The first-order chi connectivity index (χ1) is 13.6. The SMILES string of the molecule is O=C(O)CCCC=CC[C@@H]1[C@H](C=CC(=O)COc2ccccc2)[C@@H]2CC[C@H]1O2. The maximum Gasteiger partial charge on any atom is 0.303 e. The Morgan fingerprint density at radius 3 is 2.71 bits per heavy atom. The fraction of sp³-hybridized carbons (Fsp3) is 0.478. The Balaban J connectivity index is 1.47. The zero-order valence-corrected chi connectivity index (χ0v) is 16.0. The maximum absolute atomic E-state index is 12.2. The second-order valence-corrected chi connectivity index (χ2v) is 7.45. The highest BCUT2D eigenvalue weighted by molar-refractivity contribution is 5.91. The van der Waals surface area contributed by atoms with E-state index < -0.39 is 5.97 Å². The number of unbranched alkanes of at least 4 members (excludes halogenated alkanes) is 1. The van der Waals surface area contributed by atoms with Crippen LogP contribution in [0.2, 0.25) is 0 Å². The summed E-state index contributed by atoms with van der Waals surface area (Å²) in [4.78, 5) is 22.7. The highest BCUT2D eigenvalue weighted by Crippen LogP contribution is 2.45. The molecule has 3 rings (SSSR count). The van der Waals surface area contributed by atoms with Crippen LogP contribution in [0.25, 0.3) is 0 Å². The summed E-state index contributed by atoms with van der Waals surface area (Å²) in [5.74, 6) is 0.533. The first-order valence-electron chi connectivity index (χ1n) is 10.0. The van der Waals surface area contributed by atoms with Crippen molar-refractivity contribution in [3.63, 3.8) is 0 Å². The Kier molecular flexibility index (Phi) is 7.43. The molecule has 0 saturated carbocycles. The third-order valence-corrected chi connectivity index (χ3v) is 5.45. The average molecular weight is 384 g/mol. The third-order valence-electron chi connectivity index (χ3n) is 5.45. The van der Waals surface area contributed by atoms with Gasteiger partial charge in [0, 0.05) is 12.3 Å². The molecule has 150 valence electrons. The molecule has 28 heavy (non-hydrogen) atoms. The summed E-state index contributed by atoms with van der Waals surface area (Å²) in [6.07, 6.45) is 13.0. The number of benzene rings is 1. The van der Waals surface area contributed by atoms with Gasteiger partial charge in [-0.2, -0.15) is 0 Å². The Bertz CT molecular complexity index is 709. The number of hydrogen-bond acceptors (Lipinski definition) is 4. The molecular weight excluding hydrogens is 356 g/mol. The zero-order chi connectivity index (χ0) is 19.8. The smallest absolute Gasteiger partial charge is 0.303 e. The number of carbonyl (C=O) groups excluding carboxylic acids is 1. The molecule has 2 aliphatic heterocycles. The number of hydrogen-bond donors (Lipinski definition) is 1. The number of rotatable bonds is 11. The van der Waals surface area contributed by atoms with Gasteiger partial charge in [-0.3, -0.25) is 9.59 Å². The number of ketones is 1. The van der Waals surface area contributed by atoms with Gasteiger partial charge >= 0.3 is 5.97 Å². The van der Waals surface area contributed by atoms with Crippen LogP contribution in [-0.2, 0) is 14.3 Å². The molecule has 5 heteroatoms. The molecule has 2 fully saturated rings. The summed E-state index contributed by atoms with van der Waals surface area (Å²) in [6.45, 7) is 0.0380. The molecule has 0 aromatic heterocycles. The van der Waals surface area contributed by atoms with Crippen molar-refractivity contribution in [3.8, 4) is 5.75 Å². The molecule has 2 aliphatic rings. The van der Waals surface area contributed by atoms with Gasteiger partial charge in [0.25, 0.3) is 0 Å². The number of carbonyl (C=O) groups is 2. The molecule has 5 nitrogen and oxygen atoms in total. The van der Waals surface area contributed by atoms with Crippen LogP contribution in [0.3, 0.4) is 0 Å². The molecule has 0 spiro atoms. The van der Waals surface area contributed by atoms with Gasteiger partial charge in [0.05, 0.1) is 12.2 Å². The molecule has 0 unspecified atom stereocenters. The summed E-state index contributed by atoms with van der Waals surface area (Å²) in [6, 6.07) is 9.33. The van der Waals surface area contributed by atoms with Crippen molar-refractivity contribution in [2.75, 3.05) is 6.61 Å². The maximum atomic E-state index is 12.2. The second kappa shape index (κ2) is 10.2. The molecule has 0 aliphatic carbocycles. The van der Waals surface area contributed by atoms with Crippen LogP contribution < -0.4 is 4.74 Å². The van der Waals surface area contributed by atoms with E-state index in [1.165, 1.54) is 0 Å². The minimum atomic E-state index is -0.749. The van der Waals surface area contributed by atoms with Crippen LogP contribution in [0, 0.1) is 11.8 Å². The van der Waals surface area contributed by atoms with Crippen molar-refractivity contribution in [1.82, 2.24) is 0 Å². The Hall–Kier alpha value is -2.40. The largest absolute Gasteiger partial charge is 0.485 e. The highest BCUT2D eigenvalue weighted by Gasteiger charge is 2.46. The minimum Gasteiger partial charge on any atom is -0.485 e. The number of para-hydroxylation sites is 1. The number of carboxylic acid groups (broad SMARTS) is 1. The fourth-order valence-corrected chi connectivity index (χ4v) is 4.07. The minimum absolute atomic E-state index is 0.0380. The predicted molar refractivity (Wildman–Crippen MR) is 106 cm³/mol. The van der Waals surface area contributed by atoms with E-state index in [-0.39, 0.29) is 36.9 Å². The van der Waals surface area contributed by atoms with Crippen molar-refractivity contribution < 1.29 is 24.2 Å². The van der Waals surface area contributed by atoms with Crippen molar-refractivity contribution >= 4 is 11.8 Å². The lowest BCUT2D eigenvalue weighted by Gasteiger charge is -2.24. The normalized spacial score (nSPS) is 26.3. The van der Waals surface area contributed by atoms with Crippen LogP contribution >= 0.6 is 0 Å². The van der Waals surface area contributed by atoms with E-state index in [2.05, 4.69) is 12.2 Å². The van der Waals surface area contributed by atoms with Crippen LogP contribution in [0.15, 0.2) is 54.6 Å². The van der Waals surface area contributed by atoms with Gasteiger partial charge in [-0.05, 0) is 56.2 Å². The van der Waals surface area contributed by atoms with E-state index >= 15 is 0 Å². The number of aliphatic carboxylic acids is 1. The predicted octanol–water partition coefficient (Wildman–Crippen LogP) is 4.19. The highest BCUT2D eigenvalue weighted by atomic mass is 16.5. The van der Waals surface area contributed by atoms with Gasteiger partial charge in [0.2, 0.25) is 0 Å². The van der Waals surface area contributed by atoms with Crippen LogP contribution in [-0.4, -0.2) is 35.7 Å². The van der Waals surface area contributed by atoms with E-state index in [9.17, 15) is 9.59 Å². The van der Waals surface area contributed by atoms with Crippen LogP contribution in [0.4, 0.5) is 0 Å². The number of ether oxygens (including phenoxy) is 2. The molecule has 1 N–H and O–H groups in total. The number of fused-ring (bicyclic) bond motifs is 2. The molecular formula is C23H28O5. The molecule has 1 aromatic rings. The van der Waals surface area contributed by atoms with Gasteiger partial charge < -0.3 is 14.6 Å². The molecule has 0 amide bonds. The van der Waals surface area contributed by atoms with E-state index in [4.69, 9.17) is 14.6 Å². The summed E-state index contributed by atoms with van der Waals surface area (Å²) in [7, 11) is 0. The number of carboxylic acids is 1. The summed E-state index contributed by atoms with van der Waals surface area (Å²) in [5.41, 5.74) is 0. The number of allylic oxidation sites excluding steroid dienone is 2. The van der Waals surface area contributed by atoms with Crippen LogP contribution in [0.5, 0.6) is 5.75 Å². The molecule has 1 aromatic carbocycles. The average Bonchev–Trinajstić information content (AvgIpc) is 3.30. The van der Waals surface area contributed by atoms with E-state index in [0.29, 0.717) is 18.1 Å². The van der Waals surface area contributed by atoms with Crippen molar-refractivity contribution in [2.45, 2.75) is 50.7 Å². The quantitative estimate of drug-likeness (QED) is 0.352. The molecule has 2 bridgehead atoms. The van der Waals surface area contributed by atoms with Crippen molar-refractivity contribution in [1.29, 1.82) is 0 Å². The Morgan fingerprint density at radius 2 is 1.93 bits per heavy atom. The fourth-order valence-electron chi connectivity index (χ4n) is 4.07. The zero-order valence-electron chi connectivity index (χ0n) is 16.0.